The first-order valence-corrected chi connectivity index (χ1v) is 8.44. The van der Waals surface area contributed by atoms with Crippen molar-refractivity contribution in [3.8, 4) is 0 Å². The van der Waals surface area contributed by atoms with Gasteiger partial charge in [0.2, 0.25) is 0 Å². The zero-order chi connectivity index (χ0) is 14.9. The zero-order valence-corrected chi connectivity index (χ0v) is 13.3. The molecule has 1 saturated carbocycles. The van der Waals surface area contributed by atoms with Crippen LogP contribution in [0, 0.1) is 5.41 Å². The van der Waals surface area contributed by atoms with Crippen molar-refractivity contribution in [3.05, 3.63) is 22.2 Å². The molecule has 0 radical (unpaired) electrons. The molecule has 1 aliphatic carbocycles. The number of nitrogens with one attached hydrogen (secondary N) is 1. The van der Waals surface area contributed by atoms with Crippen LogP contribution in [0.4, 0.5) is 5.82 Å². The van der Waals surface area contributed by atoms with Gasteiger partial charge < -0.3 is 9.88 Å². The zero-order valence-electron chi connectivity index (χ0n) is 13.3. The Hall–Kier alpha value is -1.32. The molecule has 1 saturated heterocycles. The van der Waals surface area contributed by atoms with Crippen LogP contribution in [0.3, 0.4) is 0 Å². The largest absolute Gasteiger partial charge is 0.356 e. The Morgan fingerprint density at radius 3 is 2.43 bits per heavy atom. The molecule has 1 aromatic rings. The molecule has 3 rings (SSSR count). The number of aromatic amines is 1. The van der Waals surface area contributed by atoms with Crippen molar-refractivity contribution < 1.29 is 0 Å². The first-order chi connectivity index (χ1) is 10.1. The minimum absolute atomic E-state index is 0.0262. The summed E-state index contributed by atoms with van der Waals surface area (Å²) in [5, 5.41) is 0. The summed E-state index contributed by atoms with van der Waals surface area (Å²) >= 11 is 0. The third-order valence-corrected chi connectivity index (χ3v) is 5.36. The van der Waals surface area contributed by atoms with Crippen molar-refractivity contribution in [2.24, 2.45) is 5.41 Å². The smallest absolute Gasteiger partial charge is 0.252 e. The third-order valence-electron chi connectivity index (χ3n) is 5.36. The van der Waals surface area contributed by atoms with Crippen molar-refractivity contribution in [3.63, 3.8) is 0 Å². The Kier molecular flexibility index (Phi) is 4.05. The Morgan fingerprint density at radius 2 is 1.81 bits per heavy atom. The van der Waals surface area contributed by atoms with Crippen molar-refractivity contribution in [2.75, 3.05) is 18.0 Å². The molecule has 4 nitrogen and oxygen atoms in total. The van der Waals surface area contributed by atoms with E-state index in [2.05, 4.69) is 28.7 Å². The lowest BCUT2D eigenvalue weighted by atomic mass is 9.68. The number of anilines is 1. The first kappa shape index (κ1) is 14.6. The molecule has 2 aliphatic rings. The molecule has 116 valence electrons. The number of piperidine rings is 1. The van der Waals surface area contributed by atoms with E-state index >= 15 is 0 Å². The van der Waals surface area contributed by atoms with E-state index in [4.69, 9.17) is 0 Å². The van der Waals surface area contributed by atoms with Crippen molar-refractivity contribution in [2.45, 2.75) is 64.7 Å². The van der Waals surface area contributed by atoms with Gasteiger partial charge in [0.15, 0.2) is 0 Å². The third kappa shape index (κ3) is 3.14. The van der Waals surface area contributed by atoms with Crippen molar-refractivity contribution in [1.82, 2.24) is 9.97 Å². The maximum atomic E-state index is 11.8. The second-order valence-electron chi connectivity index (χ2n) is 7.19. The molecule has 1 spiro atoms. The molecule has 0 aromatic carbocycles. The van der Waals surface area contributed by atoms with E-state index in [-0.39, 0.29) is 11.5 Å². The van der Waals surface area contributed by atoms with Gasteiger partial charge in [-0.2, -0.15) is 0 Å². The molecule has 1 aromatic heterocycles. The molecule has 1 N–H and O–H groups in total. The second-order valence-corrected chi connectivity index (χ2v) is 7.19. The maximum absolute atomic E-state index is 11.8. The highest BCUT2D eigenvalue weighted by Gasteiger charge is 2.35. The minimum Gasteiger partial charge on any atom is -0.356 e. The van der Waals surface area contributed by atoms with Gasteiger partial charge in [0.1, 0.15) is 11.6 Å². The summed E-state index contributed by atoms with van der Waals surface area (Å²) in [6.07, 6.45) is 9.55. The summed E-state index contributed by atoms with van der Waals surface area (Å²) in [5.41, 5.74) is 0.568. The number of hydrogen-bond donors (Lipinski definition) is 1. The fourth-order valence-corrected chi connectivity index (χ4v) is 3.91. The fraction of sp³-hybridized carbons (Fsp3) is 0.765. The monoisotopic (exact) mass is 289 g/mol. The predicted octanol–water partition coefficient (Wildman–Crippen LogP) is 3.44. The van der Waals surface area contributed by atoms with Crippen LogP contribution in [-0.2, 0) is 0 Å². The Labute approximate surface area is 127 Å². The van der Waals surface area contributed by atoms with E-state index < -0.39 is 0 Å². The highest BCUT2D eigenvalue weighted by Crippen LogP contribution is 2.44. The molecule has 0 amide bonds. The van der Waals surface area contributed by atoms with E-state index in [9.17, 15) is 4.79 Å². The topological polar surface area (TPSA) is 49.0 Å². The lowest BCUT2D eigenvalue weighted by Gasteiger charge is -2.44. The lowest BCUT2D eigenvalue weighted by Crippen LogP contribution is -2.42. The average Bonchev–Trinajstić information content (AvgIpc) is 2.48. The summed E-state index contributed by atoms with van der Waals surface area (Å²) in [6.45, 7) is 6.23. The van der Waals surface area contributed by atoms with Crippen LogP contribution in [0.2, 0.25) is 0 Å². The molecular weight excluding hydrogens is 262 g/mol. The SMILES string of the molecule is CC(C)c1nc(N2CCC3(CCCCC3)CC2)cc(=O)[nH]1. The molecule has 2 fully saturated rings. The van der Waals surface area contributed by atoms with Gasteiger partial charge in [0.25, 0.3) is 5.56 Å². The lowest BCUT2D eigenvalue weighted by molar-refractivity contribution is 0.144. The molecule has 0 bridgehead atoms. The Balaban J connectivity index is 1.73. The number of hydrogen-bond acceptors (Lipinski definition) is 3. The summed E-state index contributed by atoms with van der Waals surface area (Å²) in [7, 11) is 0. The second kappa shape index (κ2) is 5.82. The molecule has 4 heteroatoms. The van der Waals surface area contributed by atoms with Crippen LogP contribution in [0.1, 0.15) is 70.5 Å². The van der Waals surface area contributed by atoms with E-state index in [1.165, 1.54) is 44.9 Å². The minimum atomic E-state index is -0.0262. The fourth-order valence-electron chi connectivity index (χ4n) is 3.91. The van der Waals surface area contributed by atoms with Gasteiger partial charge in [-0.25, -0.2) is 4.98 Å². The summed E-state index contributed by atoms with van der Waals surface area (Å²) in [6, 6.07) is 1.66. The highest BCUT2D eigenvalue weighted by atomic mass is 16.1. The molecular formula is C17H27N3O. The van der Waals surface area contributed by atoms with Crippen LogP contribution >= 0.6 is 0 Å². The predicted molar refractivity (Wildman–Crippen MR) is 85.9 cm³/mol. The van der Waals surface area contributed by atoms with Gasteiger partial charge in [-0.3, -0.25) is 4.79 Å². The van der Waals surface area contributed by atoms with E-state index in [1.807, 2.05) is 0 Å². The van der Waals surface area contributed by atoms with Gasteiger partial charge in [0.05, 0.1) is 0 Å². The Morgan fingerprint density at radius 1 is 1.14 bits per heavy atom. The number of rotatable bonds is 2. The van der Waals surface area contributed by atoms with Crippen molar-refractivity contribution >= 4 is 5.82 Å². The normalized spacial score (nSPS) is 22.0. The summed E-state index contributed by atoms with van der Waals surface area (Å²) < 4.78 is 0. The van der Waals surface area contributed by atoms with Gasteiger partial charge >= 0.3 is 0 Å². The van der Waals surface area contributed by atoms with Gasteiger partial charge in [-0.15, -0.1) is 0 Å². The molecule has 1 aliphatic heterocycles. The van der Waals surface area contributed by atoms with Gasteiger partial charge in [-0.1, -0.05) is 33.1 Å². The maximum Gasteiger partial charge on any atom is 0.252 e. The van der Waals surface area contributed by atoms with E-state index in [1.54, 1.807) is 6.07 Å². The molecule has 21 heavy (non-hydrogen) atoms. The standard InChI is InChI=1S/C17H27N3O/c1-13(2)16-18-14(12-15(21)19-16)20-10-8-17(9-11-20)6-4-3-5-7-17/h12-13H,3-11H2,1-2H3,(H,18,19,21). The van der Waals surface area contributed by atoms with Crippen LogP contribution in [0.15, 0.2) is 10.9 Å². The number of aromatic nitrogens is 2. The number of H-pyrrole nitrogens is 1. The van der Waals surface area contributed by atoms with Crippen LogP contribution in [0.5, 0.6) is 0 Å². The Bertz CT molecular complexity index is 533. The van der Waals surface area contributed by atoms with Gasteiger partial charge in [0, 0.05) is 25.1 Å². The summed E-state index contributed by atoms with van der Waals surface area (Å²) in [5.74, 6) is 1.93. The molecule has 0 atom stereocenters. The van der Waals surface area contributed by atoms with Crippen LogP contribution in [0.25, 0.3) is 0 Å². The molecule has 2 heterocycles. The van der Waals surface area contributed by atoms with E-state index in [0.29, 0.717) is 5.41 Å². The quantitative estimate of drug-likeness (QED) is 0.907. The first-order valence-electron chi connectivity index (χ1n) is 8.44. The molecule has 0 unspecified atom stereocenters. The van der Waals surface area contributed by atoms with Crippen molar-refractivity contribution in [1.29, 1.82) is 0 Å². The summed E-state index contributed by atoms with van der Waals surface area (Å²) in [4.78, 5) is 21.6. The van der Waals surface area contributed by atoms with E-state index in [0.717, 1.165) is 24.7 Å². The van der Waals surface area contributed by atoms with Crippen LogP contribution < -0.4 is 10.5 Å². The van der Waals surface area contributed by atoms with Gasteiger partial charge in [-0.05, 0) is 31.1 Å². The number of nitrogens with zero attached hydrogens (tertiary/aromatic N) is 2. The van der Waals surface area contributed by atoms with Crippen LogP contribution in [-0.4, -0.2) is 23.1 Å². The highest BCUT2D eigenvalue weighted by molar-refractivity contribution is 5.38. The average molecular weight is 289 g/mol.